The monoisotopic (exact) mass is 264 g/mol. The highest BCUT2D eigenvalue weighted by atomic mass is 35.5. The van der Waals surface area contributed by atoms with Crippen molar-refractivity contribution < 1.29 is 4.79 Å². The van der Waals surface area contributed by atoms with E-state index in [0.717, 1.165) is 10.9 Å². The number of hydrogen-bond donors (Lipinski definition) is 1. The molecule has 2 aromatic rings. The molecule has 0 radical (unpaired) electrons. The van der Waals surface area contributed by atoms with Crippen molar-refractivity contribution in [2.45, 2.75) is 26.3 Å². The molecule has 1 N–H and O–H groups in total. The Bertz CT molecular complexity index is 608. The highest BCUT2D eigenvalue weighted by Gasteiger charge is 2.18. The van der Waals surface area contributed by atoms with Crippen LogP contribution in [0.15, 0.2) is 24.3 Å². The lowest BCUT2D eigenvalue weighted by atomic mass is 10.1. The molecule has 3 nitrogen and oxygen atoms in total. The van der Waals surface area contributed by atoms with Gasteiger partial charge in [0.1, 0.15) is 5.69 Å². The molecule has 0 aliphatic heterocycles. The average molecular weight is 265 g/mol. The SMILES string of the molecule is Cn1c(C(=O)NC(C)(C)C)cc2ccc(Cl)cc21. The van der Waals surface area contributed by atoms with Crippen LogP contribution in [0.1, 0.15) is 31.3 Å². The van der Waals surface area contributed by atoms with Crippen molar-refractivity contribution in [3.8, 4) is 0 Å². The Morgan fingerprint density at radius 1 is 1.28 bits per heavy atom. The number of carbonyl (C=O) groups excluding carboxylic acids is 1. The zero-order valence-electron chi connectivity index (χ0n) is 11.0. The van der Waals surface area contributed by atoms with Gasteiger partial charge in [-0.25, -0.2) is 0 Å². The molecule has 0 bridgehead atoms. The molecular formula is C14H17ClN2O. The van der Waals surface area contributed by atoms with Crippen molar-refractivity contribution >= 4 is 28.4 Å². The molecular weight excluding hydrogens is 248 g/mol. The van der Waals surface area contributed by atoms with E-state index in [1.807, 2.05) is 56.7 Å². The number of aryl methyl sites for hydroxylation is 1. The minimum Gasteiger partial charge on any atom is -0.346 e. The molecule has 1 aromatic heterocycles. The molecule has 1 heterocycles. The van der Waals surface area contributed by atoms with Gasteiger partial charge in [-0.1, -0.05) is 17.7 Å². The van der Waals surface area contributed by atoms with Crippen molar-refractivity contribution in [3.05, 3.63) is 35.0 Å². The molecule has 2 rings (SSSR count). The Hall–Kier alpha value is -1.48. The number of halogens is 1. The van der Waals surface area contributed by atoms with E-state index in [-0.39, 0.29) is 11.4 Å². The fourth-order valence-electron chi connectivity index (χ4n) is 1.93. The van der Waals surface area contributed by atoms with Gasteiger partial charge in [-0.2, -0.15) is 0 Å². The van der Waals surface area contributed by atoms with Crippen molar-refractivity contribution in [1.29, 1.82) is 0 Å². The van der Waals surface area contributed by atoms with Crippen molar-refractivity contribution in [2.24, 2.45) is 7.05 Å². The predicted molar refractivity (Wildman–Crippen MR) is 75.1 cm³/mol. The highest BCUT2D eigenvalue weighted by molar-refractivity contribution is 6.31. The summed E-state index contributed by atoms with van der Waals surface area (Å²) in [6, 6.07) is 7.50. The zero-order chi connectivity index (χ0) is 13.5. The maximum Gasteiger partial charge on any atom is 0.268 e. The van der Waals surface area contributed by atoms with Gasteiger partial charge in [0.25, 0.3) is 5.91 Å². The topological polar surface area (TPSA) is 34.0 Å². The third kappa shape index (κ3) is 2.51. The lowest BCUT2D eigenvalue weighted by molar-refractivity contribution is 0.0911. The van der Waals surface area contributed by atoms with E-state index in [4.69, 9.17) is 11.6 Å². The third-order valence-electron chi connectivity index (χ3n) is 2.73. The summed E-state index contributed by atoms with van der Waals surface area (Å²) in [5.74, 6) is -0.0719. The summed E-state index contributed by atoms with van der Waals surface area (Å²) in [5.41, 5.74) is 1.36. The van der Waals surface area contributed by atoms with Gasteiger partial charge in [-0.15, -0.1) is 0 Å². The van der Waals surface area contributed by atoms with E-state index in [9.17, 15) is 4.79 Å². The summed E-state index contributed by atoms with van der Waals surface area (Å²) in [6.07, 6.45) is 0. The van der Waals surface area contributed by atoms with Crippen LogP contribution in [0, 0.1) is 0 Å². The van der Waals surface area contributed by atoms with Gasteiger partial charge in [0.2, 0.25) is 0 Å². The normalized spacial score (nSPS) is 11.8. The molecule has 0 fully saturated rings. The molecule has 0 aliphatic rings. The van der Waals surface area contributed by atoms with Crippen LogP contribution in [-0.2, 0) is 7.05 Å². The fourth-order valence-corrected chi connectivity index (χ4v) is 2.09. The van der Waals surface area contributed by atoms with Crippen molar-refractivity contribution in [2.75, 3.05) is 0 Å². The van der Waals surface area contributed by atoms with Crippen LogP contribution in [0.3, 0.4) is 0 Å². The molecule has 0 aliphatic carbocycles. The van der Waals surface area contributed by atoms with E-state index < -0.39 is 0 Å². The van der Waals surface area contributed by atoms with Gasteiger partial charge in [0.05, 0.1) is 0 Å². The number of carbonyl (C=O) groups is 1. The lowest BCUT2D eigenvalue weighted by Gasteiger charge is -2.20. The summed E-state index contributed by atoms with van der Waals surface area (Å²) >= 11 is 5.97. The second-order valence-corrected chi connectivity index (χ2v) is 5.93. The van der Waals surface area contributed by atoms with Gasteiger partial charge < -0.3 is 9.88 Å². The Labute approximate surface area is 112 Å². The largest absolute Gasteiger partial charge is 0.346 e. The first kappa shape index (κ1) is 13.0. The average Bonchev–Trinajstić information content (AvgIpc) is 2.54. The Morgan fingerprint density at radius 3 is 2.56 bits per heavy atom. The van der Waals surface area contributed by atoms with Crippen molar-refractivity contribution in [1.82, 2.24) is 9.88 Å². The van der Waals surface area contributed by atoms with Gasteiger partial charge in [0.15, 0.2) is 0 Å². The van der Waals surface area contributed by atoms with E-state index in [1.165, 1.54) is 0 Å². The summed E-state index contributed by atoms with van der Waals surface area (Å²) in [5, 5.41) is 4.65. The van der Waals surface area contributed by atoms with Crippen LogP contribution in [0.25, 0.3) is 10.9 Å². The van der Waals surface area contributed by atoms with E-state index >= 15 is 0 Å². The van der Waals surface area contributed by atoms with Gasteiger partial charge in [-0.3, -0.25) is 4.79 Å². The maximum atomic E-state index is 12.2. The minimum atomic E-state index is -0.245. The maximum absolute atomic E-state index is 12.2. The number of benzene rings is 1. The molecule has 0 unspecified atom stereocenters. The van der Waals surface area contributed by atoms with Crippen LogP contribution in [-0.4, -0.2) is 16.0 Å². The molecule has 0 spiro atoms. The van der Waals surface area contributed by atoms with Gasteiger partial charge in [0, 0.05) is 28.5 Å². The van der Waals surface area contributed by atoms with E-state index in [2.05, 4.69) is 5.32 Å². The minimum absolute atomic E-state index is 0.0719. The first-order chi connectivity index (χ1) is 8.28. The number of hydrogen-bond acceptors (Lipinski definition) is 1. The first-order valence-electron chi connectivity index (χ1n) is 5.85. The molecule has 0 atom stereocenters. The van der Waals surface area contributed by atoms with Crippen LogP contribution in [0.4, 0.5) is 0 Å². The van der Waals surface area contributed by atoms with Crippen molar-refractivity contribution in [3.63, 3.8) is 0 Å². The number of aromatic nitrogens is 1. The molecule has 1 amide bonds. The van der Waals surface area contributed by atoms with Crippen LogP contribution in [0.5, 0.6) is 0 Å². The molecule has 18 heavy (non-hydrogen) atoms. The summed E-state index contributed by atoms with van der Waals surface area (Å²) in [6.45, 7) is 5.89. The number of nitrogens with zero attached hydrogens (tertiary/aromatic N) is 1. The Balaban J connectivity index is 2.46. The number of amides is 1. The standard InChI is InChI=1S/C14H17ClN2O/c1-14(2,3)16-13(18)12-7-9-5-6-10(15)8-11(9)17(12)4/h5-8H,1-4H3,(H,16,18). The quantitative estimate of drug-likeness (QED) is 0.842. The van der Waals surface area contributed by atoms with Crippen LogP contribution >= 0.6 is 11.6 Å². The summed E-state index contributed by atoms with van der Waals surface area (Å²) in [4.78, 5) is 12.2. The van der Waals surface area contributed by atoms with E-state index in [0.29, 0.717) is 10.7 Å². The highest BCUT2D eigenvalue weighted by Crippen LogP contribution is 2.22. The van der Waals surface area contributed by atoms with Crippen LogP contribution < -0.4 is 5.32 Å². The number of nitrogens with one attached hydrogen (secondary N) is 1. The Morgan fingerprint density at radius 2 is 1.94 bits per heavy atom. The van der Waals surface area contributed by atoms with Gasteiger partial charge >= 0.3 is 0 Å². The molecule has 0 saturated heterocycles. The first-order valence-corrected chi connectivity index (χ1v) is 6.23. The number of rotatable bonds is 1. The van der Waals surface area contributed by atoms with Gasteiger partial charge in [-0.05, 0) is 39.0 Å². The zero-order valence-corrected chi connectivity index (χ0v) is 11.8. The smallest absolute Gasteiger partial charge is 0.268 e. The molecule has 4 heteroatoms. The second kappa shape index (κ2) is 4.32. The number of fused-ring (bicyclic) bond motifs is 1. The summed E-state index contributed by atoms with van der Waals surface area (Å²) < 4.78 is 1.86. The lowest BCUT2D eigenvalue weighted by Crippen LogP contribution is -2.41. The van der Waals surface area contributed by atoms with Crippen LogP contribution in [0.2, 0.25) is 5.02 Å². The third-order valence-corrected chi connectivity index (χ3v) is 2.96. The fraction of sp³-hybridized carbons (Fsp3) is 0.357. The molecule has 1 aromatic carbocycles. The molecule has 96 valence electrons. The second-order valence-electron chi connectivity index (χ2n) is 5.50. The predicted octanol–water partition coefficient (Wildman–Crippen LogP) is 3.36. The van der Waals surface area contributed by atoms with E-state index in [1.54, 1.807) is 0 Å². The Kier molecular flexibility index (Phi) is 3.11. The summed E-state index contributed by atoms with van der Waals surface area (Å²) in [7, 11) is 1.87. The molecule has 0 saturated carbocycles.